The number of aryl methyl sites for hydroxylation is 1. The van der Waals surface area contributed by atoms with Crippen LogP contribution >= 0.6 is 15.9 Å². The first-order chi connectivity index (χ1) is 14.0. The third kappa shape index (κ3) is 6.56. The molecule has 0 amide bonds. The molecule has 1 saturated carbocycles. The molecule has 6 nitrogen and oxygen atoms in total. The molecule has 0 unspecified atom stereocenters. The largest absolute Gasteiger partial charge is 0.474 e. The maximum atomic E-state index is 6.15. The summed E-state index contributed by atoms with van der Waals surface area (Å²) in [5.41, 5.74) is 3.89. The maximum Gasteiger partial charge on any atom is 0.228 e. The number of oxime groups is 1. The zero-order valence-corrected chi connectivity index (χ0v) is 18.7. The van der Waals surface area contributed by atoms with Gasteiger partial charge in [-0.15, -0.1) is 0 Å². The molecule has 0 bridgehead atoms. The highest BCUT2D eigenvalue weighted by molar-refractivity contribution is 9.10. The third-order valence-electron chi connectivity index (χ3n) is 4.59. The summed E-state index contributed by atoms with van der Waals surface area (Å²) in [7, 11) is 3.87. The predicted molar refractivity (Wildman–Crippen MR) is 120 cm³/mol. The van der Waals surface area contributed by atoms with Crippen molar-refractivity contribution in [2.24, 2.45) is 10.1 Å². The number of nitrogens with zero attached hydrogens (tertiary/aromatic N) is 4. The van der Waals surface area contributed by atoms with Gasteiger partial charge in [-0.3, -0.25) is 0 Å². The second-order valence-corrected chi connectivity index (χ2v) is 8.18. The van der Waals surface area contributed by atoms with Crippen molar-refractivity contribution >= 4 is 33.7 Å². The van der Waals surface area contributed by atoms with Crippen LogP contribution in [0.15, 0.2) is 51.0 Å². The molecule has 0 saturated heterocycles. The molecule has 2 aromatic rings. The van der Waals surface area contributed by atoms with Gasteiger partial charge in [-0.1, -0.05) is 35.5 Å². The minimum Gasteiger partial charge on any atom is -0.474 e. The van der Waals surface area contributed by atoms with Crippen LogP contribution in [0, 0.1) is 6.92 Å². The second-order valence-electron chi connectivity index (χ2n) is 7.32. The van der Waals surface area contributed by atoms with E-state index in [2.05, 4.69) is 31.1 Å². The number of ether oxygens (including phenoxy) is 1. The Balaban J connectivity index is 1.51. The molecule has 3 rings (SSSR count). The van der Waals surface area contributed by atoms with Gasteiger partial charge in [0.2, 0.25) is 5.88 Å². The number of pyridine rings is 1. The fraction of sp³-hybridized carbons (Fsp3) is 0.409. The molecule has 1 aliphatic carbocycles. The summed E-state index contributed by atoms with van der Waals surface area (Å²) in [5, 5.41) is 4.31. The van der Waals surface area contributed by atoms with Gasteiger partial charge < -0.3 is 14.5 Å². The highest BCUT2D eigenvalue weighted by Gasteiger charge is 2.21. The average Bonchev–Trinajstić information content (AvgIpc) is 2.71. The van der Waals surface area contributed by atoms with Crippen molar-refractivity contribution in [2.75, 3.05) is 14.1 Å². The van der Waals surface area contributed by atoms with E-state index >= 15 is 0 Å². The van der Waals surface area contributed by atoms with Crippen LogP contribution in [0.2, 0.25) is 0 Å². The summed E-state index contributed by atoms with van der Waals surface area (Å²) in [6, 6.07) is 12.0. The Morgan fingerprint density at radius 3 is 2.62 bits per heavy atom. The topological polar surface area (TPSA) is 59.3 Å². The van der Waals surface area contributed by atoms with Gasteiger partial charge in [0.1, 0.15) is 12.7 Å². The highest BCUT2D eigenvalue weighted by atomic mass is 79.9. The Morgan fingerprint density at radius 2 is 1.93 bits per heavy atom. The summed E-state index contributed by atoms with van der Waals surface area (Å²) >= 11 is 3.56. The lowest BCUT2D eigenvalue weighted by Crippen LogP contribution is -2.25. The quantitative estimate of drug-likeness (QED) is 0.322. The van der Waals surface area contributed by atoms with Crippen molar-refractivity contribution in [3.8, 4) is 5.88 Å². The van der Waals surface area contributed by atoms with Crippen molar-refractivity contribution in [1.82, 2.24) is 9.88 Å². The Hall–Kier alpha value is -2.41. The number of hydrogen-bond donors (Lipinski definition) is 0. The standard InChI is InChI=1S/C22H27BrN4O2/c1-16-21(24-15-27(2)3)13-20(23)22(25-16)29-19-11-9-18(10-12-19)26-28-14-17-7-5-4-6-8-17/h4-8,13,15,19H,9-12,14H2,1-3H3/b24-15+,26-18?. The Labute approximate surface area is 180 Å². The Bertz CT molecular complexity index is 859. The minimum absolute atomic E-state index is 0.127. The van der Waals surface area contributed by atoms with Crippen molar-refractivity contribution in [3.63, 3.8) is 0 Å². The van der Waals surface area contributed by atoms with Crippen LogP contribution in [-0.4, -0.2) is 42.1 Å². The van der Waals surface area contributed by atoms with Crippen LogP contribution < -0.4 is 4.74 Å². The molecule has 0 atom stereocenters. The number of aliphatic imine (C=N–C) groups is 1. The lowest BCUT2D eigenvalue weighted by molar-refractivity contribution is 0.124. The van der Waals surface area contributed by atoms with Crippen LogP contribution in [0.4, 0.5) is 5.69 Å². The molecule has 0 spiro atoms. The van der Waals surface area contributed by atoms with Gasteiger partial charge in [-0.05, 0) is 60.2 Å². The number of hydrogen-bond acceptors (Lipinski definition) is 5. The summed E-state index contributed by atoms with van der Waals surface area (Å²) in [4.78, 5) is 16.4. The zero-order chi connectivity index (χ0) is 20.6. The van der Waals surface area contributed by atoms with Crippen LogP contribution in [0.25, 0.3) is 0 Å². The van der Waals surface area contributed by atoms with Crippen LogP contribution in [-0.2, 0) is 11.4 Å². The second kappa shape index (κ2) is 10.4. The SMILES string of the molecule is Cc1nc(OC2CCC(=NOCc3ccccc3)CC2)c(Br)cc1/N=C/N(C)C. The molecule has 1 aromatic heterocycles. The molecular weight excluding hydrogens is 432 g/mol. The van der Waals surface area contributed by atoms with Crippen molar-refractivity contribution in [2.45, 2.75) is 45.3 Å². The van der Waals surface area contributed by atoms with E-state index in [4.69, 9.17) is 9.57 Å². The molecular formula is C22H27BrN4O2. The minimum atomic E-state index is 0.127. The van der Waals surface area contributed by atoms with Crippen molar-refractivity contribution in [3.05, 3.63) is 52.1 Å². The molecule has 1 heterocycles. The fourth-order valence-corrected chi connectivity index (χ4v) is 3.40. The van der Waals surface area contributed by atoms with E-state index in [0.717, 1.165) is 52.8 Å². The van der Waals surface area contributed by atoms with Gasteiger partial charge in [0.05, 0.1) is 27.9 Å². The van der Waals surface area contributed by atoms with Crippen LogP contribution in [0.5, 0.6) is 5.88 Å². The molecule has 154 valence electrons. The average molecular weight is 459 g/mol. The van der Waals surface area contributed by atoms with Gasteiger partial charge >= 0.3 is 0 Å². The van der Waals surface area contributed by atoms with E-state index < -0.39 is 0 Å². The van der Waals surface area contributed by atoms with Crippen LogP contribution in [0.3, 0.4) is 0 Å². The summed E-state index contributed by atoms with van der Waals surface area (Å²) in [6.45, 7) is 2.44. The number of rotatable bonds is 7. The third-order valence-corrected chi connectivity index (χ3v) is 5.16. The molecule has 1 fully saturated rings. The van der Waals surface area contributed by atoms with E-state index in [1.165, 1.54) is 0 Å². The first-order valence-corrected chi connectivity index (χ1v) is 10.6. The van der Waals surface area contributed by atoms with E-state index in [-0.39, 0.29) is 6.10 Å². The monoisotopic (exact) mass is 458 g/mol. The van der Waals surface area contributed by atoms with Crippen molar-refractivity contribution < 1.29 is 9.57 Å². The van der Waals surface area contributed by atoms with E-state index in [9.17, 15) is 0 Å². The molecule has 1 aliphatic rings. The van der Waals surface area contributed by atoms with E-state index in [0.29, 0.717) is 12.5 Å². The smallest absolute Gasteiger partial charge is 0.228 e. The molecule has 0 N–H and O–H groups in total. The first-order valence-electron chi connectivity index (χ1n) is 9.77. The van der Waals surface area contributed by atoms with E-state index in [1.807, 2.05) is 62.3 Å². The number of halogens is 1. The van der Waals surface area contributed by atoms with Gasteiger partial charge in [-0.25, -0.2) is 9.98 Å². The van der Waals surface area contributed by atoms with Gasteiger partial charge in [0.15, 0.2) is 0 Å². The van der Waals surface area contributed by atoms with E-state index in [1.54, 1.807) is 6.34 Å². The fourth-order valence-electron chi connectivity index (χ4n) is 3.00. The number of benzene rings is 1. The Morgan fingerprint density at radius 1 is 1.21 bits per heavy atom. The predicted octanol–water partition coefficient (Wildman–Crippen LogP) is 5.27. The number of aromatic nitrogens is 1. The van der Waals surface area contributed by atoms with Crippen LogP contribution in [0.1, 0.15) is 36.9 Å². The molecule has 29 heavy (non-hydrogen) atoms. The molecule has 7 heteroatoms. The van der Waals surface area contributed by atoms with Gasteiger partial charge in [-0.2, -0.15) is 0 Å². The molecule has 0 radical (unpaired) electrons. The molecule has 1 aromatic carbocycles. The lowest BCUT2D eigenvalue weighted by atomic mass is 9.96. The summed E-state index contributed by atoms with van der Waals surface area (Å²) < 4.78 is 6.97. The normalized spacial score (nSPS) is 16.7. The summed E-state index contributed by atoms with van der Waals surface area (Å²) in [6.07, 6.45) is 5.45. The summed E-state index contributed by atoms with van der Waals surface area (Å²) in [5.74, 6) is 0.622. The van der Waals surface area contributed by atoms with Gasteiger partial charge in [0.25, 0.3) is 0 Å². The van der Waals surface area contributed by atoms with Gasteiger partial charge in [0, 0.05) is 14.1 Å². The first kappa shape index (κ1) is 21.3. The lowest BCUT2D eigenvalue weighted by Gasteiger charge is -2.24. The molecule has 0 aliphatic heterocycles. The Kier molecular flexibility index (Phi) is 7.63. The highest BCUT2D eigenvalue weighted by Crippen LogP contribution is 2.32. The zero-order valence-electron chi connectivity index (χ0n) is 17.1. The van der Waals surface area contributed by atoms with Crippen molar-refractivity contribution in [1.29, 1.82) is 0 Å². The maximum absolute atomic E-state index is 6.15.